The number of ether oxygens (including phenoxy) is 2. The van der Waals surface area contributed by atoms with E-state index >= 15 is 0 Å². The van der Waals surface area contributed by atoms with Crippen LogP contribution in [-0.4, -0.2) is 34.9 Å². The molecule has 0 bridgehead atoms. The standard InChI is InChI=1S/C14H15NO8/c1-8(16)3-6-11(17)23-7-9-4-5-10(22-2)13(15(20)21)12(9)14(18)19/h4-5H,3,6-7H2,1-2H3,(H,18,19). The number of aromatic carboxylic acids is 1. The van der Waals surface area contributed by atoms with Crippen LogP contribution in [0.5, 0.6) is 5.75 Å². The Labute approximate surface area is 131 Å². The van der Waals surface area contributed by atoms with Crippen LogP contribution < -0.4 is 4.74 Å². The Kier molecular flexibility index (Phi) is 6.19. The second-order valence-corrected chi connectivity index (χ2v) is 4.58. The predicted molar refractivity (Wildman–Crippen MR) is 76.3 cm³/mol. The van der Waals surface area contributed by atoms with Crippen molar-refractivity contribution in [2.75, 3.05) is 7.11 Å². The van der Waals surface area contributed by atoms with Crippen molar-refractivity contribution in [2.45, 2.75) is 26.4 Å². The number of hydrogen-bond donors (Lipinski definition) is 1. The van der Waals surface area contributed by atoms with Crippen molar-refractivity contribution in [1.29, 1.82) is 0 Å². The Morgan fingerprint density at radius 3 is 2.39 bits per heavy atom. The van der Waals surface area contributed by atoms with Crippen molar-refractivity contribution >= 4 is 23.4 Å². The lowest BCUT2D eigenvalue weighted by Crippen LogP contribution is -2.12. The summed E-state index contributed by atoms with van der Waals surface area (Å²) in [6.07, 6.45) is -0.136. The molecule has 0 saturated carbocycles. The molecule has 0 fully saturated rings. The van der Waals surface area contributed by atoms with Gasteiger partial charge in [-0.3, -0.25) is 14.9 Å². The minimum atomic E-state index is -1.54. The Balaban J connectivity index is 3.05. The number of hydrogen-bond acceptors (Lipinski definition) is 7. The zero-order chi connectivity index (χ0) is 17.6. The lowest BCUT2D eigenvalue weighted by Gasteiger charge is -2.10. The van der Waals surface area contributed by atoms with Gasteiger partial charge in [-0.1, -0.05) is 6.07 Å². The fourth-order valence-corrected chi connectivity index (χ4v) is 1.83. The van der Waals surface area contributed by atoms with E-state index in [0.717, 1.165) is 0 Å². The monoisotopic (exact) mass is 325 g/mol. The quantitative estimate of drug-likeness (QED) is 0.434. The average molecular weight is 325 g/mol. The lowest BCUT2D eigenvalue weighted by atomic mass is 10.1. The number of esters is 1. The van der Waals surface area contributed by atoms with Gasteiger partial charge in [-0.15, -0.1) is 0 Å². The van der Waals surface area contributed by atoms with Gasteiger partial charge >= 0.3 is 17.6 Å². The molecule has 0 aliphatic rings. The van der Waals surface area contributed by atoms with Crippen LogP contribution in [0.25, 0.3) is 0 Å². The molecule has 0 unspecified atom stereocenters. The van der Waals surface area contributed by atoms with E-state index in [1.807, 2.05) is 0 Å². The number of benzene rings is 1. The summed E-state index contributed by atoms with van der Waals surface area (Å²) >= 11 is 0. The number of carboxylic acid groups (broad SMARTS) is 1. The molecule has 124 valence electrons. The van der Waals surface area contributed by atoms with Gasteiger partial charge in [0.2, 0.25) is 0 Å². The third-order valence-corrected chi connectivity index (χ3v) is 2.91. The molecule has 1 aromatic carbocycles. The number of ketones is 1. The van der Waals surface area contributed by atoms with Crippen LogP contribution in [0.1, 0.15) is 35.7 Å². The van der Waals surface area contributed by atoms with E-state index in [1.54, 1.807) is 0 Å². The first kappa shape index (κ1) is 18.1. The molecule has 0 spiro atoms. The van der Waals surface area contributed by atoms with Crippen molar-refractivity contribution < 1.29 is 33.9 Å². The molecule has 23 heavy (non-hydrogen) atoms. The van der Waals surface area contributed by atoms with Crippen LogP contribution in [0, 0.1) is 10.1 Å². The zero-order valence-electron chi connectivity index (χ0n) is 12.5. The summed E-state index contributed by atoms with van der Waals surface area (Å²) in [5.41, 5.74) is -1.35. The van der Waals surface area contributed by atoms with E-state index < -0.39 is 34.7 Å². The van der Waals surface area contributed by atoms with Gasteiger partial charge in [0.05, 0.1) is 18.5 Å². The number of nitro benzene ring substituents is 1. The van der Waals surface area contributed by atoms with Gasteiger partial charge in [0.15, 0.2) is 5.75 Å². The summed E-state index contributed by atoms with van der Waals surface area (Å²) in [5.74, 6) is -2.63. The summed E-state index contributed by atoms with van der Waals surface area (Å²) in [6, 6.07) is 2.50. The van der Waals surface area contributed by atoms with E-state index in [2.05, 4.69) is 0 Å². The second kappa shape index (κ2) is 7.87. The van der Waals surface area contributed by atoms with Crippen LogP contribution in [0.4, 0.5) is 5.69 Å². The van der Waals surface area contributed by atoms with Gasteiger partial charge in [-0.2, -0.15) is 0 Å². The summed E-state index contributed by atoms with van der Waals surface area (Å²) in [7, 11) is 1.18. The maximum atomic E-state index is 11.5. The Morgan fingerprint density at radius 1 is 1.26 bits per heavy atom. The van der Waals surface area contributed by atoms with Crippen LogP contribution >= 0.6 is 0 Å². The summed E-state index contributed by atoms with van der Waals surface area (Å²) < 4.78 is 9.65. The molecular weight excluding hydrogens is 310 g/mol. The minimum absolute atomic E-state index is 0.00732. The SMILES string of the molecule is COc1ccc(COC(=O)CCC(C)=O)c(C(=O)O)c1[N+](=O)[O-]. The van der Waals surface area contributed by atoms with Gasteiger partial charge < -0.3 is 19.4 Å². The Hall–Kier alpha value is -2.97. The number of carbonyl (C=O) groups is 3. The molecule has 0 radical (unpaired) electrons. The van der Waals surface area contributed by atoms with Gasteiger partial charge in [-0.25, -0.2) is 4.79 Å². The smallest absolute Gasteiger partial charge is 0.343 e. The van der Waals surface area contributed by atoms with Crippen molar-refractivity contribution in [3.63, 3.8) is 0 Å². The molecule has 9 heteroatoms. The normalized spacial score (nSPS) is 10.0. The second-order valence-electron chi connectivity index (χ2n) is 4.58. The van der Waals surface area contributed by atoms with Gasteiger partial charge in [0.1, 0.15) is 18.0 Å². The van der Waals surface area contributed by atoms with E-state index in [4.69, 9.17) is 9.47 Å². The molecule has 0 aliphatic carbocycles. The highest BCUT2D eigenvalue weighted by molar-refractivity contribution is 5.95. The van der Waals surface area contributed by atoms with E-state index in [0.29, 0.717) is 0 Å². The minimum Gasteiger partial charge on any atom is -0.490 e. The largest absolute Gasteiger partial charge is 0.490 e. The first-order valence-corrected chi connectivity index (χ1v) is 6.50. The first-order chi connectivity index (χ1) is 10.8. The van der Waals surface area contributed by atoms with E-state index in [9.17, 15) is 29.6 Å². The molecular formula is C14H15NO8. The van der Waals surface area contributed by atoms with Crippen LogP contribution in [-0.2, 0) is 20.9 Å². The fourth-order valence-electron chi connectivity index (χ4n) is 1.83. The summed E-state index contributed by atoms with van der Waals surface area (Å²) in [5, 5.41) is 20.3. The van der Waals surface area contributed by atoms with E-state index in [-0.39, 0.29) is 29.9 Å². The lowest BCUT2D eigenvalue weighted by molar-refractivity contribution is -0.386. The molecule has 1 aromatic rings. The molecule has 0 saturated heterocycles. The molecule has 0 aromatic heterocycles. The predicted octanol–water partition coefficient (Wildman–Crippen LogP) is 1.71. The number of carboxylic acids is 1. The van der Waals surface area contributed by atoms with Crippen molar-refractivity contribution in [1.82, 2.24) is 0 Å². The van der Waals surface area contributed by atoms with E-state index in [1.165, 1.54) is 26.2 Å². The number of nitro groups is 1. The summed E-state index contributed by atoms with van der Waals surface area (Å²) in [6.45, 7) is 0.867. The van der Waals surface area contributed by atoms with Gasteiger partial charge in [0.25, 0.3) is 0 Å². The average Bonchev–Trinajstić information content (AvgIpc) is 2.49. The molecule has 1 rings (SSSR count). The molecule has 0 atom stereocenters. The topological polar surface area (TPSA) is 133 Å². The third kappa shape index (κ3) is 4.77. The number of carbonyl (C=O) groups excluding carboxylic acids is 2. The van der Waals surface area contributed by atoms with Crippen molar-refractivity contribution in [3.8, 4) is 5.75 Å². The van der Waals surface area contributed by atoms with Crippen molar-refractivity contribution in [2.24, 2.45) is 0 Å². The molecule has 0 amide bonds. The number of methoxy groups -OCH3 is 1. The highest BCUT2D eigenvalue weighted by Crippen LogP contribution is 2.33. The highest BCUT2D eigenvalue weighted by atomic mass is 16.6. The fraction of sp³-hybridized carbons (Fsp3) is 0.357. The number of nitrogens with zero attached hydrogens (tertiary/aromatic N) is 1. The molecule has 0 aliphatic heterocycles. The van der Waals surface area contributed by atoms with Crippen LogP contribution in [0.15, 0.2) is 12.1 Å². The maximum Gasteiger partial charge on any atom is 0.343 e. The Bertz CT molecular complexity index is 652. The van der Waals surface area contributed by atoms with Crippen LogP contribution in [0.2, 0.25) is 0 Å². The number of rotatable bonds is 8. The first-order valence-electron chi connectivity index (χ1n) is 6.50. The number of Topliss-reactive ketones (excluding diaryl/α,β-unsaturated/α-hetero) is 1. The van der Waals surface area contributed by atoms with Gasteiger partial charge in [-0.05, 0) is 13.0 Å². The molecule has 1 N–H and O–H groups in total. The van der Waals surface area contributed by atoms with Crippen LogP contribution in [0.3, 0.4) is 0 Å². The summed E-state index contributed by atoms with van der Waals surface area (Å²) in [4.78, 5) is 43.8. The highest BCUT2D eigenvalue weighted by Gasteiger charge is 2.29. The Morgan fingerprint density at radius 2 is 1.91 bits per heavy atom. The third-order valence-electron chi connectivity index (χ3n) is 2.91. The molecule has 0 heterocycles. The zero-order valence-corrected chi connectivity index (χ0v) is 12.5. The molecule has 9 nitrogen and oxygen atoms in total. The maximum absolute atomic E-state index is 11.5. The van der Waals surface area contributed by atoms with Gasteiger partial charge in [0, 0.05) is 12.0 Å². The van der Waals surface area contributed by atoms with Crippen molar-refractivity contribution in [3.05, 3.63) is 33.4 Å².